The maximum Gasteiger partial charge on any atom is 0.228 e. The first kappa shape index (κ1) is 23.3. The Morgan fingerprint density at radius 2 is 1.81 bits per heavy atom. The van der Waals surface area contributed by atoms with Crippen LogP contribution in [-0.2, 0) is 11.3 Å². The summed E-state index contributed by atoms with van der Waals surface area (Å²) in [5.74, 6) is 1.31. The molecule has 0 aliphatic carbocycles. The standard InChI is InChI=1S/C27H29N9O/c1-18-12-29-14-20(18)15-30-13-19-2-4-22(5-3-19)36-7-6-23-24(21-16-31-26(28)32-17-21)33-27(34-25(23)36)35-8-10-37-11-9-35/h2-7,12,14,16-18,30H,8-11,13,15H2,1H3,(H2,28,31,32). The number of hydrogen-bond acceptors (Lipinski definition) is 9. The third-order valence-electron chi connectivity index (χ3n) is 6.78. The smallest absolute Gasteiger partial charge is 0.228 e. The topological polar surface area (TPSA) is 119 Å². The number of hydrogen-bond donors (Lipinski definition) is 2. The van der Waals surface area contributed by atoms with E-state index < -0.39 is 0 Å². The monoisotopic (exact) mass is 495 g/mol. The van der Waals surface area contributed by atoms with Crippen LogP contribution in [-0.4, -0.2) is 63.6 Å². The Hall–Kier alpha value is -4.15. The Morgan fingerprint density at radius 3 is 2.54 bits per heavy atom. The predicted molar refractivity (Wildman–Crippen MR) is 145 cm³/mol. The minimum atomic E-state index is 0.234. The number of morpholine rings is 1. The van der Waals surface area contributed by atoms with Gasteiger partial charge in [-0.3, -0.25) is 4.99 Å². The second-order valence-corrected chi connectivity index (χ2v) is 9.29. The molecular weight excluding hydrogens is 466 g/mol. The van der Waals surface area contributed by atoms with Gasteiger partial charge in [0.25, 0.3) is 0 Å². The molecule has 1 fully saturated rings. The van der Waals surface area contributed by atoms with E-state index in [9.17, 15) is 0 Å². The van der Waals surface area contributed by atoms with E-state index in [0.29, 0.717) is 25.1 Å². The van der Waals surface area contributed by atoms with Crippen molar-refractivity contribution in [3.8, 4) is 16.9 Å². The summed E-state index contributed by atoms with van der Waals surface area (Å²) in [5.41, 5.74) is 11.7. The van der Waals surface area contributed by atoms with Crippen LogP contribution in [0.4, 0.5) is 11.9 Å². The van der Waals surface area contributed by atoms with Crippen molar-refractivity contribution in [3.63, 3.8) is 0 Å². The zero-order valence-corrected chi connectivity index (χ0v) is 20.7. The van der Waals surface area contributed by atoms with Crippen molar-refractivity contribution in [2.75, 3.05) is 43.5 Å². The van der Waals surface area contributed by atoms with Gasteiger partial charge in [-0.25, -0.2) is 15.0 Å². The third-order valence-corrected chi connectivity index (χ3v) is 6.78. The first-order valence-electron chi connectivity index (χ1n) is 12.5. The number of benzene rings is 1. The fourth-order valence-electron chi connectivity index (χ4n) is 4.61. The molecule has 10 nitrogen and oxygen atoms in total. The van der Waals surface area contributed by atoms with Crippen LogP contribution in [0.25, 0.3) is 28.0 Å². The molecule has 188 valence electrons. The van der Waals surface area contributed by atoms with Crippen LogP contribution in [0.3, 0.4) is 0 Å². The molecule has 3 aromatic heterocycles. The predicted octanol–water partition coefficient (Wildman–Crippen LogP) is 2.99. The maximum absolute atomic E-state index is 5.73. The van der Waals surface area contributed by atoms with Crippen LogP contribution in [0.2, 0.25) is 0 Å². The van der Waals surface area contributed by atoms with E-state index in [0.717, 1.165) is 54.2 Å². The molecular formula is C27H29N9O. The fraction of sp³-hybridized carbons (Fsp3) is 0.296. The summed E-state index contributed by atoms with van der Waals surface area (Å²) >= 11 is 0. The summed E-state index contributed by atoms with van der Waals surface area (Å²) in [6, 6.07) is 10.6. The van der Waals surface area contributed by atoms with Crippen LogP contribution in [0.5, 0.6) is 0 Å². The van der Waals surface area contributed by atoms with Gasteiger partial charge in [-0.05, 0) is 29.3 Å². The summed E-state index contributed by atoms with van der Waals surface area (Å²) in [6.07, 6.45) is 9.38. The molecule has 37 heavy (non-hydrogen) atoms. The number of nitrogen functional groups attached to an aromatic ring is 1. The average Bonchev–Trinajstić information content (AvgIpc) is 3.55. The highest BCUT2D eigenvalue weighted by Crippen LogP contribution is 2.30. The van der Waals surface area contributed by atoms with E-state index >= 15 is 0 Å². The lowest BCUT2D eigenvalue weighted by Gasteiger charge is -2.27. The number of nitrogens with two attached hydrogens (primary N) is 1. The van der Waals surface area contributed by atoms with Gasteiger partial charge in [-0.15, -0.1) is 0 Å². The lowest BCUT2D eigenvalue weighted by Crippen LogP contribution is -2.37. The number of ether oxygens (including phenoxy) is 1. The van der Waals surface area contributed by atoms with E-state index in [1.807, 2.05) is 24.7 Å². The van der Waals surface area contributed by atoms with Crippen molar-refractivity contribution in [3.05, 3.63) is 66.3 Å². The molecule has 0 saturated carbocycles. The molecule has 0 bridgehead atoms. The Kier molecular flexibility index (Phi) is 6.33. The number of nitrogens with one attached hydrogen (secondary N) is 1. The Balaban J connectivity index is 1.30. The van der Waals surface area contributed by atoms with Crippen LogP contribution in [0, 0.1) is 5.92 Å². The molecule has 6 rings (SSSR count). The number of fused-ring (bicyclic) bond motifs is 1. The molecule has 1 saturated heterocycles. The molecule has 0 amide bonds. The average molecular weight is 496 g/mol. The van der Waals surface area contributed by atoms with Crippen molar-refractivity contribution in [2.24, 2.45) is 10.9 Å². The van der Waals surface area contributed by atoms with Crippen LogP contribution >= 0.6 is 0 Å². The van der Waals surface area contributed by atoms with Crippen molar-refractivity contribution < 1.29 is 4.74 Å². The van der Waals surface area contributed by atoms with E-state index in [4.69, 9.17) is 20.4 Å². The largest absolute Gasteiger partial charge is 0.378 e. The highest BCUT2D eigenvalue weighted by Gasteiger charge is 2.20. The van der Waals surface area contributed by atoms with Gasteiger partial charge in [-0.2, -0.15) is 4.98 Å². The molecule has 1 aromatic carbocycles. The Bertz CT molecular complexity index is 1450. The summed E-state index contributed by atoms with van der Waals surface area (Å²) in [5, 5.41) is 4.45. The van der Waals surface area contributed by atoms with E-state index in [-0.39, 0.29) is 5.95 Å². The first-order valence-corrected chi connectivity index (χ1v) is 12.5. The SMILES string of the molecule is CC1C=NC=C1CNCc1ccc(-n2ccc3c(-c4cnc(N)nc4)nc(N4CCOCC4)nc32)cc1. The molecule has 4 aromatic rings. The zero-order valence-electron chi connectivity index (χ0n) is 20.7. The van der Waals surface area contributed by atoms with Crippen molar-refractivity contribution in [1.82, 2.24) is 29.8 Å². The van der Waals surface area contributed by atoms with Gasteiger partial charge in [0, 0.05) is 79.7 Å². The van der Waals surface area contributed by atoms with Gasteiger partial charge in [0.2, 0.25) is 11.9 Å². The maximum atomic E-state index is 5.73. The van der Waals surface area contributed by atoms with Crippen LogP contribution in [0.1, 0.15) is 12.5 Å². The Labute approximate surface area is 214 Å². The van der Waals surface area contributed by atoms with Crippen molar-refractivity contribution >= 4 is 29.1 Å². The zero-order chi connectivity index (χ0) is 25.2. The Morgan fingerprint density at radius 1 is 1.03 bits per heavy atom. The minimum Gasteiger partial charge on any atom is -0.378 e. The highest BCUT2D eigenvalue weighted by molar-refractivity contribution is 5.92. The lowest BCUT2D eigenvalue weighted by molar-refractivity contribution is 0.122. The van der Waals surface area contributed by atoms with Crippen LogP contribution in [0.15, 0.2) is 65.7 Å². The molecule has 10 heteroatoms. The third kappa shape index (κ3) is 4.81. The van der Waals surface area contributed by atoms with E-state index in [2.05, 4.69) is 60.9 Å². The summed E-state index contributed by atoms with van der Waals surface area (Å²) < 4.78 is 7.64. The number of rotatable bonds is 7. The summed E-state index contributed by atoms with van der Waals surface area (Å²) in [7, 11) is 0. The second kappa shape index (κ2) is 10.1. The van der Waals surface area contributed by atoms with Gasteiger partial charge in [0.05, 0.1) is 18.9 Å². The second-order valence-electron chi connectivity index (χ2n) is 9.29. The fourth-order valence-corrected chi connectivity index (χ4v) is 4.61. The van der Waals surface area contributed by atoms with Crippen molar-refractivity contribution in [1.29, 1.82) is 0 Å². The number of anilines is 2. The van der Waals surface area contributed by atoms with Gasteiger partial charge in [0.1, 0.15) is 0 Å². The molecule has 0 spiro atoms. The van der Waals surface area contributed by atoms with Gasteiger partial charge in [-0.1, -0.05) is 19.1 Å². The summed E-state index contributed by atoms with van der Waals surface area (Å²) in [4.78, 5) is 24.7. The molecule has 1 atom stereocenters. The van der Waals surface area contributed by atoms with Gasteiger partial charge in [0.15, 0.2) is 5.65 Å². The molecule has 1 unspecified atom stereocenters. The molecule has 2 aliphatic rings. The van der Waals surface area contributed by atoms with E-state index in [1.165, 1.54) is 11.1 Å². The number of aliphatic imine (C=N–C) groups is 1. The molecule has 5 heterocycles. The molecule has 3 N–H and O–H groups in total. The van der Waals surface area contributed by atoms with Gasteiger partial charge >= 0.3 is 0 Å². The molecule has 0 radical (unpaired) electrons. The lowest BCUT2D eigenvalue weighted by atomic mass is 10.1. The number of nitrogens with zero attached hydrogens (tertiary/aromatic N) is 7. The van der Waals surface area contributed by atoms with Crippen molar-refractivity contribution in [2.45, 2.75) is 13.5 Å². The highest BCUT2D eigenvalue weighted by atomic mass is 16.5. The normalized spacial score (nSPS) is 17.5. The molecule has 2 aliphatic heterocycles. The minimum absolute atomic E-state index is 0.234. The quantitative estimate of drug-likeness (QED) is 0.402. The first-order chi connectivity index (χ1) is 18.2. The van der Waals surface area contributed by atoms with Crippen LogP contribution < -0.4 is 16.0 Å². The van der Waals surface area contributed by atoms with E-state index in [1.54, 1.807) is 12.4 Å². The summed E-state index contributed by atoms with van der Waals surface area (Å²) in [6.45, 7) is 6.59. The van der Waals surface area contributed by atoms with Gasteiger partial charge < -0.3 is 25.3 Å². The number of aromatic nitrogens is 5.